The van der Waals surface area contributed by atoms with Crippen molar-refractivity contribution in [3.8, 4) is 0 Å². The molecule has 3 amide bonds. The molecule has 3 atom stereocenters. The Bertz CT molecular complexity index is 694. The monoisotopic (exact) mass is 365 g/mol. The van der Waals surface area contributed by atoms with Crippen LogP contribution in [0.5, 0.6) is 0 Å². The van der Waals surface area contributed by atoms with Gasteiger partial charge in [-0.2, -0.15) is 0 Å². The maximum absolute atomic E-state index is 12.4. The zero-order chi connectivity index (χ0) is 18.2. The second-order valence-electron chi connectivity index (χ2n) is 5.37. The molecule has 9 nitrogen and oxygen atoms in total. The van der Waals surface area contributed by atoms with Gasteiger partial charge in [-0.1, -0.05) is 6.08 Å². The van der Waals surface area contributed by atoms with Crippen molar-refractivity contribution >= 4 is 28.5 Å². The van der Waals surface area contributed by atoms with Crippen molar-refractivity contribution < 1.29 is 18.6 Å². The molecule has 1 aliphatic heterocycles. The first kappa shape index (κ1) is 18.7. The van der Waals surface area contributed by atoms with Crippen LogP contribution in [0.4, 0.5) is 0 Å². The molecule has 1 aliphatic rings. The lowest BCUT2D eigenvalue weighted by Crippen LogP contribution is -2.52. The van der Waals surface area contributed by atoms with E-state index < -0.39 is 34.7 Å². The molecule has 0 aliphatic carbocycles. The Hall–Kier alpha value is -2.62. The molecule has 3 N–H and O–H groups in total. The Balaban J connectivity index is 2.13. The van der Waals surface area contributed by atoms with E-state index in [0.29, 0.717) is 0 Å². The number of hydrogen-bond acceptors (Lipinski definition) is 6. The summed E-state index contributed by atoms with van der Waals surface area (Å²) in [6.45, 7) is 1.91. The van der Waals surface area contributed by atoms with Gasteiger partial charge in [0.15, 0.2) is 0 Å². The highest BCUT2D eigenvalue weighted by molar-refractivity contribution is 7.85. The first-order chi connectivity index (χ1) is 12.0. The minimum Gasteiger partial charge on any atom is -0.352 e. The van der Waals surface area contributed by atoms with Crippen LogP contribution in [0.25, 0.3) is 0 Å². The number of aromatic nitrogens is 2. The van der Waals surface area contributed by atoms with Gasteiger partial charge in [0.25, 0.3) is 5.91 Å². The van der Waals surface area contributed by atoms with E-state index in [-0.39, 0.29) is 29.7 Å². The van der Waals surface area contributed by atoms with Gasteiger partial charge in [0.1, 0.15) is 11.7 Å². The summed E-state index contributed by atoms with van der Waals surface area (Å²) in [6, 6.07) is -1.41. The normalized spacial score (nSPS) is 26.4. The Morgan fingerprint density at radius 3 is 2.88 bits per heavy atom. The van der Waals surface area contributed by atoms with Crippen LogP contribution in [0.1, 0.15) is 17.4 Å². The van der Waals surface area contributed by atoms with Crippen LogP contribution in [0, 0.1) is 0 Å². The number of amides is 3. The molecule has 0 radical (unpaired) electrons. The molecule has 134 valence electrons. The lowest BCUT2D eigenvalue weighted by atomic mass is 10.2. The largest absolute Gasteiger partial charge is 0.352 e. The fourth-order valence-electron chi connectivity index (χ4n) is 2.05. The molecule has 1 unspecified atom stereocenters. The minimum atomic E-state index is -1.40. The topological polar surface area (TPSA) is 130 Å². The molecule has 0 spiro atoms. The summed E-state index contributed by atoms with van der Waals surface area (Å²) in [5, 5.41) is 7.80. The first-order valence-corrected chi connectivity index (χ1v) is 9.13. The smallest absolute Gasteiger partial charge is 0.272 e. The number of nitrogens with one attached hydrogen (secondary N) is 3. The van der Waals surface area contributed by atoms with Gasteiger partial charge in [0.2, 0.25) is 11.8 Å². The maximum atomic E-state index is 12.4. The summed E-state index contributed by atoms with van der Waals surface area (Å²) in [7, 11) is -1.40. The molecule has 10 heteroatoms. The molecule has 2 heterocycles. The van der Waals surface area contributed by atoms with Crippen LogP contribution in [0.2, 0.25) is 0 Å². The summed E-state index contributed by atoms with van der Waals surface area (Å²) >= 11 is 0. The minimum absolute atomic E-state index is 0.0624. The van der Waals surface area contributed by atoms with Crippen molar-refractivity contribution in [3.63, 3.8) is 0 Å². The summed E-state index contributed by atoms with van der Waals surface area (Å²) in [4.78, 5) is 43.8. The van der Waals surface area contributed by atoms with Crippen molar-refractivity contribution in [1.29, 1.82) is 0 Å². The van der Waals surface area contributed by atoms with Gasteiger partial charge in [-0.15, -0.1) is 0 Å². The number of rotatable bonds is 2. The van der Waals surface area contributed by atoms with Crippen molar-refractivity contribution in [2.45, 2.75) is 19.0 Å². The number of carbonyl (C=O) groups is 3. The molecule has 0 saturated carbocycles. The van der Waals surface area contributed by atoms with Crippen LogP contribution in [0.15, 0.2) is 30.7 Å². The van der Waals surface area contributed by atoms with E-state index in [9.17, 15) is 18.6 Å². The standard InChI is InChI=1S/C15H19N5O4S/c1-10-2-3-13(21)18-6-7-25(24)9-12(15(23)19-10)20-14(22)11-8-16-4-5-17-11/h2-5,8,10,12H,6-7,9H2,1H3,(H,18,21)(H,19,23)(H,20,22)/b3-2-/t10-,12-,25?/m0/s1. The Labute approximate surface area is 147 Å². The van der Waals surface area contributed by atoms with Gasteiger partial charge < -0.3 is 16.0 Å². The van der Waals surface area contributed by atoms with Crippen LogP contribution in [-0.4, -0.2) is 62.0 Å². The maximum Gasteiger partial charge on any atom is 0.272 e. The molecule has 1 aromatic rings. The summed E-state index contributed by atoms with van der Waals surface area (Å²) in [6.07, 6.45) is 6.91. The predicted octanol–water partition coefficient (Wildman–Crippen LogP) is -1.49. The molecule has 2 rings (SSSR count). The average Bonchev–Trinajstić information content (AvgIpc) is 2.59. The lowest BCUT2D eigenvalue weighted by Gasteiger charge is -2.20. The van der Waals surface area contributed by atoms with Crippen LogP contribution >= 0.6 is 0 Å². The van der Waals surface area contributed by atoms with Crippen molar-refractivity contribution in [2.75, 3.05) is 18.1 Å². The van der Waals surface area contributed by atoms with E-state index in [0.717, 1.165) is 0 Å². The molecule has 0 saturated heterocycles. The number of nitrogens with zero attached hydrogens (tertiary/aromatic N) is 2. The Morgan fingerprint density at radius 2 is 2.16 bits per heavy atom. The highest BCUT2D eigenvalue weighted by Crippen LogP contribution is 1.98. The zero-order valence-corrected chi connectivity index (χ0v) is 14.4. The van der Waals surface area contributed by atoms with Gasteiger partial charge >= 0.3 is 0 Å². The molecular formula is C15H19N5O4S. The van der Waals surface area contributed by atoms with Gasteiger partial charge in [0.05, 0.1) is 11.9 Å². The van der Waals surface area contributed by atoms with Crippen molar-refractivity contribution in [1.82, 2.24) is 25.9 Å². The summed E-state index contributed by atoms with van der Waals surface area (Å²) in [5.74, 6) is -1.26. The third-order valence-electron chi connectivity index (χ3n) is 3.31. The SMILES string of the molecule is C[C@H]1/C=C\C(=O)NCCS(=O)C[C@H](NC(=O)c2cnccn2)C(=O)N1. The van der Waals surface area contributed by atoms with Crippen LogP contribution in [-0.2, 0) is 20.4 Å². The highest BCUT2D eigenvalue weighted by atomic mass is 32.2. The predicted molar refractivity (Wildman–Crippen MR) is 90.9 cm³/mol. The van der Waals surface area contributed by atoms with E-state index in [4.69, 9.17) is 0 Å². The van der Waals surface area contributed by atoms with Gasteiger partial charge in [-0.05, 0) is 6.92 Å². The van der Waals surface area contributed by atoms with E-state index in [1.165, 1.54) is 30.7 Å². The quantitative estimate of drug-likeness (QED) is 0.586. The molecule has 0 bridgehead atoms. The average molecular weight is 365 g/mol. The summed E-state index contributed by atoms with van der Waals surface area (Å²) < 4.78 is 12.1. The van der Waals surface area contributed by atoms with Gasteiger partial charge in [0, 0.05) is 47.6 Å². The van der Waals surface area contributed by atoms with E-state index >= 15 is 0 Å². The lowest BCUT2D eigenvalue weighted by molar-refractivity contribution is -0.123. The molecule has 0 aromatic carbocycles. The molecule has 0 fully saturated rings. The molecule has 1 aromatic heterocycles. The first-order valence-electron chi connectivity index (χ1n) is 7.64. The number of carbonyl (C=O) groups excluding carboxylic acids is 3. The fourth-order valence-corrected chi connectivity index (χ4v) is 3.16. The van der Waals surface area contributed by atoms with Gasteiger partial charge in [-0.3, -0.25) is 23.6 Å². The Morgan fingerprint density at radius 1 is 1.36 bits per heavy atom. The van der Waals surface area contributed by atoms with E-state index in [2.05, 4.69) is 25.9 Å². The third kappa shape index (κ3) is 6.07. The van der Waals surface area contributed by atoms with Crippen molar-refractivity contribution in [3.05, 3.63) is 36.4 Å². The van der Waals surface area contributed by atoms with Gasteiger partial charge in [-0.25, -0.2) is 4.98 Å². The van der Waals surface area contributed by atoms with E-state index in [1.54, 1.807) is 6.92 Å². The zero-order valence-electron chi connectivity index (χ0n) is 13.6. The Kier molecular flexibility index (Phi) is 6.75. The summed E-state index contributed by atoms with van der Waals surface area (Å²) in [5.41, 5.74) is 0.0624. The highest BCUT2D eigenvalue weighted by Gasteiger charge is 2.25. The van der Waals surface area contributed by atoms with Crippen LogP contribution < -0.4 is 16.0 Å². The second kappa shape index (κ2) is 9.02. The van der Waals surface area contributed by atoms with Crippen molar-refractivity contribution in [2.24, 2.45) is 0 Å². The molecule has 25 heavy (non-hydrogen) atoms. The number of hydrogen-bond donors (Lipinski definition) is 3. The third-order valence-corrected chi connectivity index (χ3v) is 4.67. The second-order valence-corrected chi connectivity index (χ2v) is 7.00. The van der Waals surface area contributed by atoms with E-state index in [1.807, 2.05) is 0 Å². The fraction of sp³-hybridized carbons (Fsp3) is 0.400. The van der Waals surface area contributed by atoms with Crippen LogP contribution in [0.3, 0.4) is 0 Å². The molecular weight excluding hydrogens is 346 g/mol.